The number of rotatable bonds is 5. The van der Waals surface area contributed by atoms with Gasteiger partial charge in [0.2, 0.25) is 0 Å². The fourth-order valence-corrected chi connectivity index (χ4v) is 2.52. The van der Waals surface area contributed by atoms with E-state index in [0.717, 1.165) is 16.8 Å². The Balaban J connectivity index is 2.08. The molecule has 5 nitrogen and oxygen atoms in total. The molecular formula is C20H18N2O3. The second kappa shape index (κ2) is 7.13. The lowest BCUT2D eigenvalue weighted by atomic mass is 10.0. The highest BCUT2D eigenvalue weighted by atomic mass is 16.5. The molecule has 0 radical (unpaired) electrons. The number of aryl methyl sites for hydroxylation is 1. The van der Waals surface area contributed by atoms with Gasteiger partial charge >= 0.3 is 5.97 Å². The predicted molar refractivity (Wildman–Crippen MR) is 94.7 cm³/mol. The SMILES string of the molecule is CC(=O)COC(=O)c1cn(-c2ccccc2)nc1-c1ccccc1C. The Bertz CT molecular complexity index is 914. The summed E-state index contributed by atoms with van der Waals surface area (Å²) in [4.78, 5) is 23.6. The molecular weight excluding hydrogens is 316 g/mol. The third-order valence-corrected chi connectivity index (χ3v) is 3.76. The van der Waals surface area contributed by atoms with Gasteiger partial charge < -0.3 is 4.74 Å². The Morgan fingerprint density at radius 2 is 1.72 bits per heavy atom. The summed E-state index contributed by atoms with van der Waals surface area (Å²) < 4.78 is 6.74. The third kappa shape index (κ3) is 3.66. The summed E-state index contributed by atoms with van der Waals surface area (Å²) in [5.41, 5.74) is 3.56. The zero-order valence-corrected chi connectivity index (χ0v) is 14.1. The number of benzene rings is 2. The smallest absolute Gasteiger partial charge is 0.342 e. The molecule has 0 spiro atoms. The molecule has 5 heteroatoms. The number of hydrogen-bond acceptors (Lipinski definition) is 4. The summed E-state index contributed by atoms with van der Waals surface area (Å²) in [5, 5.41) is 4.59. The molecule has 3 rings (SSSR count). The molecule has 0 aliphatic rings. The molecule has 25 heavy (non-hydrogen) atoms. The highest BCUT2D eigenvalue weighted by Crippen LogP contribution is 2.27. The van der Waals surface area contributed by atoms with Gasteiger partial charge in [-0.05, 0) is 31.5 Å². The summed E-state index contributed by atoms with van der Waals surface area (Å²) in [6, 6.07) is 17.2. The van der Waals surface area contributed by atoms with Crippen molar-refractivity contribution in [3.63, 3.8) is 0 Å². The van der Waals surface area contributed by atoms with E-state index < -0.39 is 5.97 Å². The number of ketones is 1. The fraction of sp³-hybridized carbons (Fsp3) is 0.150. The Labute approximate surface area is 145 Å². The second-order valence-corrected chi connectivity index (χ2v) is 5.76. The Kier molecular flexibility index (Phi) is 4.75. The molecule has 1 heterocycles. The van der Waals surface area contributed by atoms with Gasteiger partial charge in [-0.15, -0.1) is 0 Å². The number of nitrogens with zero attached hydrogens (tertiary/aromatic N) is 2. The molecule has 0 bridgehead atoms. The van der Waals surface area contributed by atoms with Crippen molar-refractivity contribution in [2.45, 2.75) is 13.8 Å². The molecule has 126 valence electrons. The van der Waals surface area contributed by atoms with E-state index in [1.54, 1.807) is 10.9 Å². The van der Waals surface area contributed by atoms with Crippen LogP contribution in [-0.4, -0.2) is 28.1 Å². The largest absolute Gasteiger partial charge is 0.454 e. The molecule has 0 unspecified atom stereocenters. The number of para-hydroxylation sites is 1. The first-order valence-corrected chi connectivity index (χ1v) is 7.94. The number of carbonyl (C=O) groups is 2. The number of hydrogen-bond donors (Lipinski definition) is 0. The summed E-state index contributed by atoms with van der Waals surface area (Å²) in [6.07, 6.45) is 1.64. The van der Waals surface area contributed by atoms with Crippen LogP contribution in [0.25, 0.3) is 16.9 Å². The summed E-state index contributed by atoms with van der Waals surface area (Å²) in [6.45, 7) is 3.09. The van der Waals surface area contributed by atoms with Crippen LogP contribution < -0.4 is 0 Å². The van der Waals surface area contributed by atoms with Crippen molar-refractivity contribution in [3.05, 3.63) is 71.9 Å². The van der Waals surface area contributed by atoms with Crippen LogP contribution in [0, 0.1) is 6.92 Å². The number of aromatic nitrogens is 2. The molecule has 0 atom stereocenters. The van der Waals surface area contributed by atoms with Gasteiger partial charge in [0.1, 0.15) is 17.9 Å². The van der Waals surface area contributed by atoms with E-state index in [0.29, 0.717) is 11.3 Å². The van der Waals surface area contributed by atoms with Gasteiger partial charge in [-0.2, -0.15) is 5.10 Å². The van der Waals surface area contributed by atoms with Gasteiger partial charge in [0.25, 0.3) is 0 Å². The lowest BCUT2D eigenvalue weighted by Gasteiger charge is -2.05. The third-order valence-electron chi connectivity index (χ3n) is 3.76. The molecule has 0 aliphatic carbocycles. The van der Waals surface area contributed by atoms with Crippen LogP contribution in [0.5, 0.6) is 0 Å². The van der Waals surface area contributed by atoms with E-state index in [2.05, 4.69) is 5.10 Å². The molecule has 0 aliphatic heterocycles. The first-order valence-electron chi connectivity index (χ1n) is 7.94. The molecule has 2 aromatic carbocycles. The Hall–Kier alpha value is -3.21. The van der Waals surface area contributed by atoms with Gasteiger partial charge in [-0.3, -0.25) is 4.79 Å². The van der Waals surface area contributed by atoms with Crippen LogP contribution in [0.1, 0.15) is 22.8 Å². The lowest BCUT2D eigenvalue weighted by molar-refractivity contribution is -0.120. The highest BCUT2D eigenvalue weighted by molar-refractivity contribution is 5.97. The first-order chi connectivity index (χ1) is 12.1. The molecule has 0 amide bonds. The fourth-order valence-electron chi connectivity index (χ4n) is 2.52. The highest BCUT2D eigenvalue weighted by Gasteiger charge is 2.21. The minimum Gasteiger partial charge on any atom is -0.454 e. The van der Waals surface area contributed by atoms with E-state index in [9.17, 15) is 9.59 Å². The summed E-state index contributed by atoms with van der Waals surface area (Å²) >= 11 is 0. The van der Waals surface area contributed by atoms with Gasteiger partial charge in [-0.1, -0.05) is 42.5 Å². The Morgan fingerprint density at radius 1 is 1.04 bits per heavy atom. The van der Waals surface area contributed by atoms with Gasteiger partial charge in [0.05, 0.1) is 5.69 Å². The van der Waals surface area contributed by atoms with Gasteiger partial charge in [0.15, 0.2) is 5.78 Å². The molecule has 0 fully saturated rings. The maximum atomic E-state index is 12.5. The van der Waals surface area contributed by atoms with Crippen molar-refractivity contribution < 1.29 is 14.3 Å². The quantitative estimate of drug-likeness (QED) is 0.669. The minimum atomic E-state index is -0.560. The number of esters is 1. The van der Waals surface area contributed by atoms with E-state index in [-0.39, 0.29) is 12.4 Å². The van der Waals surface area contributed by atoms with Crippen molar-refractivity contribution in [1.82, 2.24) is 9.78 Å². The second-order valence-electron chi connectivity index (χ2n) is 5.76. The molecule has 0 N–H and O–H groups in total. The van der Waals surface area contributed by atoms with E-state index in [1.807, 2.05) is 61.5 Å². The summed E-state index contributed by atoms with van der Waals surface area (Å²) in [7, 11) is 0. The maximum Gasteiger partial charge on any atom is 0.342 e. The molecule has 0 saturated carbocycles. The van der Waals surface area contributed by atoms with Crippen molar-refractivity contribution >= 4 is 11.8 Å². The van der Waals surface area contributed by atoms with Gasteiger partial charge in [-0.25, -0.2) is 9.48 Å². The van der Waals surface area contributed by atoms with E-state index in [4.69, 9.17) is 4.74 Å². The van der Waals surface area contributed by atoms with Crippen molar-refractivity contribution in [3.8, 4) is 16.9 Å². The maximum absolute atomic E-state index is 12.5. The zero-order valence-electron chi connectivity index (χ0n) is 14.1. The number of Topliss-reactive ketones (excluding diaryl/α,β-unsaturated/α-hetero) is 1. The average Bonchev–Trinajstić information content (AvgIpc) is 3.06. The van der Waals surface area contributed by atoms with Crippen LogP contribution in [0.3, 0.4) is 0 Å². The predicted octanol–water partition coefficient (Wildman–Crippen LogP) is 3.59. The van der Waals surface area contributed by atoms with Crippen LogP contribution in [0.15, 0.2) is 60.8 Å². The van der Waals surface area contributed by atoms with Crippen LogP contribution >= 0.6 is 0 Å². The first kappa shape index (κ1) is 16.6. The van der Waals surface area contributed by atoms with Crippen LogP contribution in [0.2, 0.25) is 0 Å². The van der Waals surface area contributed by atoms with Crippen LogP contribution in [0.4, 0.5) is 0 Å². The van der Waals surface area contributed by atoms with Gasteiger partial charge in [0, 0.05) is 11.8 Å². The standard InChI is InChI=1S/C20H18N2O3/c1-14-8-6-7-11-17(14)19-18(20(24)25-13-15(2)23)12-22(21-19)16-9-4-3-5-10-16/h3-12H,13H2,1-2H3. The van der Waals surface area contributed by atoms with Crippen molar-refractivity contribution in [1.29, 1.82) is 0 Å². The van der Waals surface area contributed by atoms with E-state index >= 15 is 0 Å². The topological polar surface area (TPSA) is 61.2 Å². The van der Waals surface area contributed by atoms with E-state index in [1.165, 1.54) is 6.92 Å². The minimum absolute atomic E-state index is 0.207. The van der Waals surface area contributed by atoms with Crippen molar-refractivity contribution in [2.75, 3.05) is 6.61 Å². The Morgan fingerprint density at radius 3 is 2.40 bits per heavy atom. The van der Waals surface area contributed by atoms with Crippen molar-refractivity contribution in [2.24, 2.45) is 0 Å². The number of carbonyl (C=O) groups excluding carboxylic acids is 2. The zero-order chi connectivity index (χ0) is 17.8. The molecule has 1 aromatic heterocycles. The monoisotopic (exact) mass is 334 g/mol. The number of ether oxygens (including phenoxy) is 1. The lowest BCUT2D eigenvalue weighted by Crippen LogP contribution is -2.11. The summed E-state index contributed by atoms with van der Waals surface area (Å²) in [5.74, 6) is -0.767. The van der Waals surface area contributed by atoms with Crippen LogP contribution in [-0.2, 0) is 9.53 Å². The molecule has 3 aromatic rings. The normalized spacial score (nSPS) is 10.5. The molecule has 0 saturated heterocycles. The average molecular weight is 334 g/mol.